The third kappa shape index (κ3) is 1.33. The fourth-order valence-corrected chi connectivity index (χ4v) is 0.451. The average Bonchev–Trinajstić information content (AvgIpc) is 1.90. The summed E-state index contributed by atoms with van der Waals surface area (Å²) in [5.74, 6) is 5.16. The molecule has 0 aromatic carbocycles. The molecule has 1 aliphatic rings. The number of nitrogens with two attached hydrogens (primary N) is 1. The molecule has 1 rings (SSSR count). The van der Waals surface area contributed by atoms with Crippen LogP contribution < -0.4 is 11.3 Å². The van der Waals surface area contributed by atoms with Gasteiger partial charge in [-0.1, -0.05) is 0 Å². The normalized spacial score (nSPS) is 17.4. The van der Waals surface area contributed by atoms with Crippen LogP contribution in [0, 0.1) is 0 Å². The summed E-state index contributed by atoms with van der Waals surface area (Å²) in [5.41, 5.74) is 2.27. The van der Waals surface area contributed by atoms with Gasteiger partial charge in [0.2, 0.25) is 0 Å². The van der Waals surface area contributed by atoms with Crippen LogP contribution in [-0.2, 0) is 4.79 Å². The van der Waals surface area contributed by atoms with E-state index in [1.54, 1.807) is 0 Å². The Labute approximate surface area is 51.6 Å². The molecule has 0 spiro atoms. The van der Waals surface area contributed by atoms with E-state index in [0.717, 1.165) is 0 Å². The number of amides is 1. The van der Waals surface area contributed by atoms with Crippen molar-refractivity contribution in [2.24, 2.45) is 15.8 Å². The highest BCUT2D eigenvalue weighted by molar-refractivity contribution is 6.32. The maximum atomic E-state index is 10.4. The molecule has 0 fully saturated rings. The highest BCUT2D eigenvalue weighted by Crippen LogP contribution is 1.83. The van der Waals surface area contributed by atoms with Crippen molar-refractivity contribution in [3.05, 3.63) is 0 Å². The summed E-state index contributed by atoms with van der Waals surface area (Å²) < 4.78 is 0. The molecule has 5 nitrogen and oxygen atoms in total. The molecule has 0 saturated carbocycles. The summed E-state index contributed by atoms with van der Waals surface area (Å²) in [4.78, 5) is 17.5. The molecule has 5 heteroatoms. The predicted octanol–water partition coefficient (Wildman–Crippen LogP) is -1.54. The quantitative estimate of drug-likeness (QED) is 0.305. The van der Waals surface area contributed by atoms with Gasteiger partial charge < -0.3 is 5.43 Å². The van der Waals surface area contributed by atoms with Crippen LogP contribution in [0.25, 0.3) is 0 Å². The first-order valence-corrected chi connectivity index (χ1v) is 2.41. The highest BCUT2D eigenvalue weighted by Gasteiger charge is 2.02. The summed E-state index contributed by atoms with van der Waals surface area (Å²) in [6.07, 6.45) is 1.30. The average molecular weight is 126 g/mol. The molecule has 48 valence electrons. The van der Waals surface area contributed by atoms with E-state index in [9.17, 15) is 4.79 Å². The Balaban J connectivity index is 2.63. The number of amidine groups is 1. The molecule has 1 heterocycles. The molecule has 9 heavy (non-hydrogen) atoms. The first-order chi connectivity index (χ1) is 4.33. The SMILES string of the molecule is NNC1=NCC(=O)N=C1. The second-order valence-corrected chi connectivity index (χ2v) is 1.50. The Morgan fingerprint density at radius 3 is 3.00 bits per heavy atom. The number of carbonyl (C=O) groups is 1. The molecule has 1 aliphatic heterocycles. The van der Waals surface area contributed by atoms with Gasteiger partial charge >= 0.3 is 0 Å². The van der Waals surface area contributed by atoms with Crippen molar-refractivity contribution in [2.75, 3.05) is 6.54 Å². The van der Waals surface area contributed by atoms with Crippen LogP contribution in [0.2, 0.25) is 0 Å². The van der Waals surface area contributed by atoms with Gasteiger partial charge in [-0.25, -0.2) is 10.8 Å². The minimum Gasteiger partial charge on any atom is -0.307 e. The lowest BCUT2D eigenvalue weighted by atomic mass is 10.5. The standard InChI is InChI=1S/C4H6N4O/c5-8-3-1-7-4(9)2-6-3/h1H,2,5H2,(H,6,8). The van der Waals surface area contributed by atoms with Gasteiger partial charge in [-0.2, -0.15) is 0 Å². The van der Waals surface area contributed by atoms with E-state index in [1.807, 2.05) is 0 Å². The Morgan fingerprint density at radius 1 is 1.78 bits per heavy atom. The van der Waals surface area contributed by atoms with E-state index in [2.05, 4.69) is 15.4 Å². The van der Waals surface area contributed by atoms with E-state index in [-0.39, 0.29) is 12.5 Å². The summed E-state index contributed by atoms with van der Waals surface area (Å²) in [6.45, 7) is 0.0933. The topological polar surface area (TPSA) is 79.8 Å². The molecule has 1 amide bonds. The lowest BCUT2D eigenvalue weighted by molar-refractivity contribution is -0.116. The Kier molecular flexibility index (Phi) is 1.55. The maximum absolute atomic E-state index is 10.4. The fraction of sp³-hybridized carbons (Fsp3) is 0.250. The lowest BCUT2D eigenvalue weighted by Gasteiger charge is -2.00. The van der Waals surface area contributed by atoms with Crippen LogP contribution in [0.3, 0.4) is 0 Å². The van der Waals surface area contributed by atoms with E-state index in [1.165, 1.54) is 6.21 Å². The number of carbonyl (C=O) groups excluding carboxylic acids is 1. The number of aliphatic imine (C=N–C) groups is 2. The molecule has 0 aromatic heterocycles. The van der Waals surface area contributed by atoms with Crippen LogP contribution in [0.5, 0.6) is 0 Å². The first-order valence-electron chi connectivity index (χ1n) is 2.41. The van der Waals surface area contributed by atoms with Crippen LogP contribution >= 0.6 is 0 Å². The molecular weight excluding hydrogens is 120 g/mol. The highest BCUT2D eigenvalue weighted by atomic mass is 16.1. The van der Waals surface area contributed by atoms with Crippen molar-refractivity contribution in [2.45, 2.75) is 0 Å². The second-order valence-electron chi connectivity index (χ2n) is 1.50. The Hall–Kier alpha value is -1.23. The number of nitrogens with one attached hydrogen (secondary N) is 1. The van der Waals surface area contributed by atoms with Crippen molar-refractivity contribution in [1.82, 2.24) is 5.43 Å². The van der Waals surface area contributed by atoms with E-state index < -0.39 is 0 Å². The molecule has 3 N–H and O–H groups in total. The monoisotopic (exact) mass is 126 g/mol. The van der Waals surface area contributed by atoms with Crippen LogP contribution in [0.4, 0.5) is 0 Å². The Bertz CT molecular complexity index is 183. The molecule has 0 atom stereocenters. The number of hydrazine groups is 1. The number of hydrogen-bond donors (Lipinski definition) is 2. The zero-order valence-electron chi connectivity index (χ0n) is 4.66. The van der Waals surface area contributed by atoms with Gasteiger partial charge in [0, 0.05) is 0 Å². The third-order valence-electron chi connectivity index (χ3n) is 0.863. The second kappa shape index (κ2) is 2.36. The van der Waals surface area contributed by atoms with Crippen LogP contribution in [0.15, 0.2) is 9.98 Å². The van der Waals surface area contributed by atoms with Crippen LogP contribution in [0.1, 0.15) is 0 Å². The molecule has 0 aliphatic carbocycles. The van der Waals surface area contributed by atoms with E-state index >= 15 is 0 Å². The smallest absolute Gasteiger partial charge is 0.267 e. The molecule has 0 saturated heterocycles. The number of hydrogen-bond acceptors (Lipinski definition) is 4. The first kappa shape index (κ1) is 5.90. The molecule has 0 bridgehead atoms. The zero-order valence-corrected chi connectivity index (χ0v) is 4.66. The molecule has 0 aromatic rings. The number of rotatable bonds is 0. The minimum atomic E-state index is -0.242. The van der Waals surface area contributed by atoms with Crippen molar-refractivity contribution in [1.29, 1.82) is 0 Å². The van der Waals surface area contributed by atoms with E-state index in [4.69, 9.17) is 5.84 Å². The van der Waals surface area contributed by atoms with Gasteiger partial charge in [-0.15, -0.1) is 0 Å². The van der Waals surface area contributed by atoms with E-state index in [0.29, 0.717) is 5.84 Å². The summed E-state index contributed by atoms with van der Waals surface area (Å²) in [7, 11) is 0. The zero-order chi connectivity index (χ0) is 6.69. The van der Waals surface area contributed by atoms with Crippen molar-refractivity contribution in [3.8, 4) is 0 Å². The van der Waals surface area contributed by atoms with Gasteiger partial charge in [-0.3, -0.25) is 9.79 Å². The molecule has 0 unspecified atom stereocenters. The minimum absolute atomic E-state index is 0.0933. The van der Waals surface area contributed by atoms with Crippen molar-refractivity contribution < 1.29 is 4.79 Å². The maximum Gasteiger partial charge on any atom is 0.267 e. The summed E-state index contributed by atoms with van der Waals surface area (Å²) >= 11 is 0. The third-order valence-corrected chi connectivity index (χ3v) is 0.863. The van der Waals surface area contributed by atoms with Gasteiger partial charge in [0.05, 0.1) is 6.21 Å². The van der Waals surface area contributed by atoms with Gasteiger partial charge in [-0.05, 0) is 0 Å². The Morgan fingerprint density at radius 2 is 2.56 bits per heavy atom. The van der Waals surface area contributed by atoms with Crippen molar-refractivity contribution in [3.63, 3.8) is 0 Å². The molecular formula is C4H6N4O. The van der Waals surface area contributed by atoms with Gasteiger partial charge in [0.15, 0.2) is 5.84 Å². The predicted molar refractivity (Wildman–Crippen MR) is 33.1 cm³/mol. The van der Waals surface area contributed by atoms with Crippen molar-refractivity contribution >= 4 is 18.0 Å². The fourth-order valence-electron chi connectivity index (χ4n) is 0.451. The molecule has 0 radical (unpaired) electrons. The number of nitrogens with zero attached hydrogens (tertiary/aromatic N) is 2. The van der Waals surface area contributed by atoms with Crippen LogP contribution in [-0.4, -0.2) is 24.5 Å². The van der Waals surface area contributed by atoms with Gasteiger partial charge in [0.1, 0.15) is 6.54 Å². The summed E-state index contributed by atoms with van der Waals surface area (Å²) in [5, 5.41) is 0. The largest absolute Gasteiger partial charge is 0.307 e. The van der Waals surface area contributed by atoms with Gasteiger partial charge in [0.25, 0.3) is 5.91 Å². The summed E-state index contributed by atoms with van der Waals surface area (Å²) in [6, 6.07) is 0. The lowest BCUT2D eigenvalue weighted by Crippen LogP contribution is -2.33.